The maximum absolute atomic E-state index is 12.6. The maximum Gasteiger partial charge on any atom is 0.338 e. The van der Waals surface area contributed by atoms with Crippen LogP contribution in [-0.2, 0) is 19.4 Å². The van der Waals surface area contributed by atoms with Gasteiger partial charge in [-0.25, -0.2) is 13.2 Å². The first-order valence-corrected chi connectivity index (χ1v) is 11.0. The Labute approximate surface area is 165 Å². The first-order chi connectivity index (χ1) is 13.3. The molecule has 1 saturated heterocycles. The van der Waals surface area contributed by atoms with Gasteiger partial charge in [-0.1, -0.05) is 13.3 Å². The van der Waals surface area contributed by atoms with Crippen molar-refractivity contribution >= 4 is 21.7 Å². The molecule has 28 heavy (non-hydrogen) atoms. The molecular weight excluding hydrogens is 386 g/mol. The van der Waals surface area contributed by atoms with E-state index in [0.29, 0.717) is 24.5 Å². The molecule has 1 amide bonds. The number of sulfone groups is 1. The number of esters is 1. The number of nitrogens with zero attached hydrogens (tertiary/aromatic N) is 1. The molecule has 8 nitrogen and oxygen atoms in total. The fraction of sp³-hybridized carbons (Fsp3) is 0.579. The van der Waals surface area contributed by atoms with E-state index in [4.69, 9.17) is 14.2 Å². The average Bonchev–Trinajstić information content (AvgIpc) is 3.05. The molecule has 1 aromatic rings. The van der Waals surface area contributed by atoms with Gasteiger partial charge in [0.15, 0.2) is 27.9 Å². The van der Waals surface area contributed by atoms with Crippen molar-refractivity contribution < 1.29 is 32.2 Å². The molecule has 0 aromatic heterocycles. The normalized spacial score (nSPS) is 17.8. The Kier molecular flexibility index (Phi) is 7.68. The lowest BCUT2D eigenvalue weighted by Crippen LogP contribution is -2.43. The van der Waals surface area contributed by atoms with E-state index in [9.17, 15) is 18.0 Å². The summed E-state index contributed by atoms with van der Waals surface area (Å²) in [6.07, 6.45) is 2.04. The van der Waals surface area contributed by atoms with Crippen LogP contribution in [0, 0.1) is 0 Å². The van der Waals surface area contributed by atoms with Crippen LogP contribution in [0.4, 0.5) is 0 Å². The number of benzene rings is 1. The van der Waals surface area contributed by atoms with Crippen molar-refractivity contribution in [2.75, 3.05) is 38.9 Å². The highest BCUT2D eigenvalue weighted by atomic mass is 32.2. The summed E-state index contributed by atoms with van der Waals surface area (Å²) in [6, 6.07) is 4.22. The predicted molar refractivity (Wildman–Crippen MR) is 104 cm³/mol. The molecule has 1 heterocycles. The Bertz CT molecular complexity index is 807. The van der Waals surface area contributed by atoms with Crippen molar-refractivity contribution in [1.82, 2.24) is 4.90 Å². The van der Waals surface area contributed by atoms with Gasteiger partial charge in [0.1, 0.15) is 0 Å². The van der Waals surface area contributed by atoms with Gasteiger partial charge in [-0.05, 0) is 31.0 Å². The third-order valence-electron chi connectivity index (χ3n) is 4.67. The van der Waals surface area contributed by atoms with Crippen LogP contribution in [0.3, 0.4) is 0 Å². The van der Waals surface area contributed by atoms with Gasteiger partial charge >= 0.3 is 5.97 Å². The van der Waals surface area contributed by atoms with E-state index in [1.807, 2.05) is 6.92 Å². The van der Waals surface area contributed by atoms with Gasteiger partial charge < -0.3 is 19.1 Å². The van der Waals surface area contributed by atoms with Crippen LogP contribution in [0.15, 0.2) is 18.2 Å². The Balaban J connectivity index is 2.02. The van der Waals surface area contributed by atoms with E-state index in [2.05, 4.69) is 0 Å². The van der Waals surface area contributed by atoms with E-state index >= 15 is 0 Å². The van der Waals surface area contributed by atoms with Crippen LogP contribution in [0.5, 0.6) is 11.5 Å². The van der Waals surface area contributed by atoms with E-state index < -0.39 is 22.4 Å². The number of hydrogen-bond donors (Lipinski definition) is 0. The average molecular weight is 413 g/mol. The van der Waals surface area contributed by atoms with Gasteiger partial charge in [0, 0.05) is 12.6 Å². The van der Waals surface area contributed by atoms with Crippen LogP contribution in [0.25, 0.3) is 0 Å². The molecule has 0 unspecified atom stereocenters. The van der Waals surface area contributed by atoms with Crippen LogP contribution >= 0.6 is 0 Å². The number of methoxy groups -OCH3 is 2. The lowest BCUT2D eigenvalue weighted by Gasteiger charge is -2.28. The molecule has 0 spiro atoms. The van der Waals surface area contributed by atoms with Crippen molar-refractivity contribution in [3.8, 4) is 11.5 Å². The van der Waals surface area contributed by atoms with Gasteiger partial charge in [0.25, 0.3) is 5.91 Å². The molecule has 1 aromatic carbocycles. The zero-order valence-corrected chi connectivity index (χ0v) is 17.3. The third kappa shape index (κ3) is 5.60. The SMILES string of the molecule is CCCCN(C(=O)COC(=O)c1ccc(OC)c(OC)c1)[C@@H]1CCS(=O)(=O)C1. The van der Waals surface area contributed by atoms with E-state index in [1.165, 1.54) is 31.3 Å². The minimum absolute atomic E-state index is 0.0356. The fourth-order valence-corrected chi connectivity index (χ4v) is 4.85. The van der Waals surface area contributed by atoms with Gasteiger partial charge in [-0.2, -0.15) is 0 Å². The first-order valence-electron chi connectivity index (χ1n) is 9.20. The van der Waals surface area contributed by atoms with Crippen molar-refractivity contribution in [2.24, 2.45) is 0 Å². The van der Waals surface area contributed by atoms with Crippen LogP contribution < -0.4 is 9.47 Å². The highest BCUT2D eigenvalue weighted by Crippen LogP contribution is 2.27. The Morgan fingerprint density at radius 3 is 2.46 bits per heavy atom. The summed E-state index contributed by atoms with van der Waals surface area (Å²) in [5, 5.41) is 0. The minimum Gasteiger partial charge on any atom is -0.493 e. The molecule has 0 bridgehead atoms. The predicted octanol–water partition coefficient (Wildman–Crippen LogP) is 1.68. The smallest absolute Gasteiger partial charge is 0.338 e. The number of ether oxygens (including phenoxy) is 3. The molecule has 2 rings (SSSR count). The molecule has 1 atom stereocenters. The van der Waals surface area contributed by atoms with Gasteiger partial charge in [0.05, 0.1) is 31.3 Å². The topological polar surface area (TPSA) is 99.2 Å². The Morgan fingerprint density at radius 1 is 1.18 bits per heavy atom. The molecule has 1 aliphatic rings. The third-order valence-corrected chi connectivity index (χ3v) is 6.42. The largest absolute Gasteiger partial charge is 0.493 e. The number of carbonyl (C=O) groups excluding carboxylic acids is 2. The second-order valence-electron chi connectivity index (χ2n) is 6.64. The second kappa shape index (κ2) is 9.77. The lowest BCUT2D eigenvalue weighted by molar-refractivity contribution is -0.136. The molecule has 0 radical (unpaired) electrons. The second-order valence-corrected chi connectivity index (χ2v) is 8.87. The zero-order valence-electron chi connectivity index (χ0n) is 16.5. The molecule has 0 saturated carbocycles. The van der Waals surface area contributed by atoms with E-state index in [-0.39, 0.29) is 29.0 Å². The number of carbonyl (C=O) groups is 2. The molecule has 9 heteroatoms. The number of unbranched alkanes of at least 4 members (excludes halogenated alkanes) is 1. The molecule has 0 aliphatic carbocycles. The Morgan fingerprint density at radius 2 is 1.89 bits per heavy atom. The molecular formula is C19H27NO7S. The van der Waals surface area contributed by atoms with Crippen LogP contribution in [-0.4, -0.2) is 70.1 Å². The monoisotopic (exact) mass is 413 g/mol. The number of amides is 1. The number of hydrogen-bond acceptors (Lipinski definition) is 7. The lowest BCUT2D eigenvalue weighted by atomic mass is 10.2. The summed E-state index contributed by atoms with van der Waals surface area (Å²) in [5.41, 5.74) is 0.231. The van der Waals surface area contributed by atoms with Crippen molar-refractivity contribution in [2.45, 2.75) is 32.2 Å². The van der Waals surface area contributed by atoms with Crippen molar-refractivity contribution in [3.05, 3.63) is 23.8 Å². The summed E-state index contributed by atoms with van der Waals surface area (Å²) in [7, 11) is -0.170. The van der Waals surface area contributed by atoms with Gasteiger partial charge in [0.2, 0.25) is 0 Å². The summed E-state index contributed by atoms with van der Waals surface area (Å²) in [4.78, 5) is 26.4. The molecule has 1 aliphatic heterocycles. The summed E-state index contributed by atoms with van der Waals surface area (Å²) in [5.74, 6) is -0.147. The number of rotatable bonds is 9. The van der Waals surface area contributed by atoms with Crippen LogP contribution in [0.1, 0.15) is 36.5 Å². The van der Waals surface area contributed by atoms with Crippen LogP contribution in [0.2, 0.25) is 0 Å². The minimum atomic E-state index is -3.12. The van der Waals surface area contributed by atoms with Gasteiger partial charge in [-0.3, -0.25) is 4.79 Å². The maximum atomic E-state index is 12.6. The molecule has 156 valence electrons. The summed E-state index contributed by atoms with van der Waals surface area (Å²) in [6.45, 7) is 2.00. The van der Waals surface area contributed by atoms with Crippen molar-refractivity contribution in [3.63, 3.8) is 0 Å². The van der Waals surface area contributed by atoms with E-state index in [1.54, 1.807) is 6.07 Å². The molecule has 0 N–H and O–H groups in total. The standard InChI is InChI=1S/C19H27NO7S/c1-4-5-9-20(15-8-10-28(23,24)13-15)18(21)12-27-19(22)14-6-7-16(25-2)17(11-14)26-3/h6-7,11,15H,4-5,8-10,12-13H2,1-3H3/t15-/m1/s1. The van der Waals surface area contributed by atoms with E-state index in [0.717, 1.165) is 12.8 Å². The summed E-state index contributed by atoms with van der Waals surface area (Å²) < 4.78 is 39.0. The quantitative estimate of drug-likeness (QED) is 0.568. The fourth-order valence-electron chi connectivity index (χ4n) is 3.12. The Hall–Kier alpha value is -2.29. The highest BCUT2D eigenvalue weighted by molar-refractivity contribution is 7.91. The molecule has 1 fully saturated rings. The highest BCUT2D eigenvalue weighted by Gasteiger charge is 2.34. The first kappa shape index (κ1) is 22.0. The summed E-state index contributed by atoms with van der Waals surface area (Å²) >= 11 is 0. The van der Waals surface area contributed by atoms with Crippen molar-refractivity contribution in [1.29, 1.82) is 0 Å². The zero-order chi connectivity index (χ0) is 20.7. The van der Waals surface area contributed by atoms with Gasteiger partial charge in [-0.15, -0.1) is 0 Å².